The molecule has 2 rings (SSSR count). The van der Waals surface area contributed by atoms with E-state index in [2.05, 4.69) is 10.5 Å². The Balaban J connectivity index is 2.12. The molecule has 0 heterocycles. The molecule has 1 amide bonds. The van der Waals surface area contributed by atoms with Crippen molar-refractivity contribution in [2.75, 3.05) is 26.1 Å². The number of carbonyl (C=O) groups excluding carboxylic acids is 1. The molecule has 0 aliphatic heterocycles. The van der Waals surface area contributed by atoms with Gasteiger partial charge in [0.1, 0.15) is 0 Å². The molecule has 0 radical (unpaired) electrons. The second-order valence-corrected chi connectivity index (χ2v) is 6.92. The smallest absolute Gasteiger partial charge is 0.271 e. The number of benzene rings is 2. The number of carbonyl (C=O) groups is 1. The summed E-state index contributed by atoms with van der Waals surface area (Å²) in [5, 5.41) is 4.44. The molecule has 2 aromatic carbocycles. The molecule has 0 saturated carbocycles. The van der Waals surface area contributed by atoms with Crippen LogP contribution in [0, 0.1) is 0 Å². The monoisotopic (exact) mass is 403 g/mol. The Labute approximate surface area is 171 Å². The van der Waals surface area contributed by atoms with Gasteiger partial charge < -0.3 is 14.4 Å². The van der Waals surface area contributed by atoms with Crippen LogP contribution in [0.4, 0.5) is 5.69 Å². The predicted octanol–water partition coefficient (Wildman–Crippen LogP) is 4.36. The van der Waals surface area contributed by atoms with Crippen molar-refractivity contribution in [1.82, 2.24) is 5.43 Å². The van der Waals surface area contributed by atoms with Crippen molar-refractivity contribution in [3.63, 3.8) is 0 Å². The summed E-state index contributed by atoms with van der Waals surface area (Å²) in [6.45, 7) is 3.99. The van der Waals surface area contributed by atoms with Crippen LogP contribution in [-0.2, 0) is 0 Å². The van der Waals surface area contributed by atoms with Crippen LogP contribution in [0.5, 0.6) is 11.5 Å². The number of anilines is 1. The topological polar surface area (TPSA) is 63.2 Å². The van der Waals surface area contributed by atoms with Gasteiger partial charge in [-0.25, -0.2) is 5.43 Å². The van der Waals surface area contributed by atoms with Gasteiger partial charge in [0, 0.05) is 25.3 Å². The predicted molar refractivity (Wildman–Crippen MR) is 114 cm³/mol. The van der Waals surface area contributed by atoms with Gasteiger partial charge in [0.2, 0.25) is 0 Å². The van der Waals surface area contributed by atoms with Crippen molar-refractivity contribution in [3.05, 3.63) is 52.5 Å². The van der Waals surface area contributed by atoms with Crippen molar-refractivity contribution in [1.29, 1.82) is 0 Å². The van der Waals surface area contributed by atoms with Gasteiger partial charge in [-0.2, -0.15) is 5.10 Å². The number of rotatable bonds is 8. The number of hydrogen-bond donors (Lipinski definition) is 1. The third kappa shape index (κ3) is 5.63. The Hall–Kier alpha value is -2.73. The molecule has 1 N–H and O–H groups in total. The number of hydrazone groups is 1. The van der Waals surface area contributed by atoms with Gasteiger partial charge in [0.25, 0.3) is 5.91 Å². The molecule has 0 bridgehead atoms. The molecule has 150 valence electrons. The summed E-state index contributed by atoms with van der Waals surface area (Å²) >= 11 is 6.34. The summed E-state index contributed by atoms with van der Waals surface area (Å²) < 4.78 is 11.2. The van der Waals surface area contributed by atoms with E-state index in [4.69, 9.17) is 21.1 Å². The third-order valence-corrected chi connectivity index (χ3v) is 4.43. The van der Waals surface area contributed by atoms with Gasteiger partial charge >= 0.3 is 0 Å². The normalized spacial score (nSPS) is 11.9. The molecular weight excluding hydrogens is 378 g/mol. The fraction of sp³-hybridized carbons (Fsp3) is 0.333. The van der Waals surface area contributed by atoms with Crippen LogP contribution < -0.4 is 19.8 Å². The Kier molecular flexibility index (Phi) is 7.70. The van der Waals surface area contributed by atoms with E-state index in [1.165, 1.54) is 6.21 Å². The number of halogens is 1. The van der Waals surface area contributed by atoms with Crippen LogP contribution in [0.15, 0.2) is 41.5 Å². The van der Waals surface area contributed by atoms with E-state index < -0.39 is 0 Å². The maximum Gasteiger partial charge on any atom is 0.271 e. The highest BCUT2D eigenvalue weighted by Crippen LogP contribution is 2.37. The second kappa shape index (κ2) is 9.99. The van der Waals surface area contributed by atoms with E-state index in [-0.39, 0.29) is 12.0 Å². The van der Waals surface area contributed by atoms with Gasteiger partial charge in [-0.1, -0.05) is 24.6 Å². The van der Waals surface area contributed by atoms with E-state index in [9.17, 15) is 4.79 Å². The Bertz CT molecular complexity index is 853. The van der Waals surface area contributed by atoms with Gasteiger partial charge in [-0.15, -0.1) is 0 Å². The summed E-state index contributed by atoms with van der Waals surface area (Å²) in [7, 11) is 5.39. The molecule has 1 atom stereocenters. The maximum atomic E-state index is 12.3. The first-order valence-electron chi connectivity index (χ1n) is 9.00. The minimum absolute atomic E-state index is 0.0168. The fourth-order valence-electron chi connectivity index (χ4n) is 2.37. The molecule has 28 heavy (non-hydrogen) atoms. The molecular formula is C21H26ClN3O3. The number of methoxy groups -OCH3 is 1. The molecule has 0 saturated heterocycles. The Morgan fingerprint density at radius 3 is 2.71 bits per heavy atom. The highest BCUT2D eigenvalue weighted by Gasteiger charge is 2.14. The van der Waals surface area contributed by atoms with Crippen LogP contribution in [0.2, 0.25) is 5.02 Å². The van der Waals surface area contributed by atoms with Gasteiger partial charge in [-0.05, 0) is 49.2 Å². The molecule has 0 aliphatic carbocycles. The average Bonchev–Trinajstić information content (AvgIpc) is 2.69. The van der Waals surface area contributed by atoms with Crippen LogP contribution in [-0.4, -0.2) is 39.4 Å². The van der Waals surface area contributed by atoms with Crippen molar-refractivity contribution in [3.8, 4) is 11.5 Å². The van der Waals surface area contributed by atoms with Crippen LogP contribution >= 0.6 is 11.6 Å². The zero-order chi connectivity index (χ0) is 20.7. The maximum absolute atomic E-state index is 12.3. The molecule has 2 aromatic rings. The first-order chi connectivity index (χ1) is 13.3. The average molecular weight is 404 g/mol. The molecule has 7 heteroatoms. The quantitative estimate of drug-likeness (QED) is 0.525. The van der Waals surface area contributed by atoms with E-state index in [0.717, 1.165) is 12.1 Å². The SMILES string of the molecule is CC[C@H](C)Oc1c(Cl)cc(/C=N\NC(=O)c2cccc(N(C)C)c2)cc1OC. The highest BCUT2D eigenvalue weighted by atomic mass is 35.5. The Morgan fingerprint density at radius 1 is 1.32 bits per heavy atom. The summed E-state index contributed by atoms with van der Waals surface area (Å²) in [5.74, 6) is 0.717. The lowest BCUT2D eigenvalue weighted by molar-refractivity contribution is 0.0955. The lowest BCUT2D eigenvalue weighted by atomic mass is 10.2. The number of nitrogens with zero attached hydrogens (tertiary/aromatic N) is 2. The van der Waals surface area contributed by atoms with Crippen LogP contribution in [0.3, 0.4) is 0 Å². The highest BCUT2D eigenvalue weighted by molar-refractivity contribution is 6.32. The first-order valence-corrected chi connectivity index (χ1v) is 9.38. The first kappa shape index (κ1) is 21.6. The minimum atomic E-state index is -0.297. The second-order valence-electron chi connectivity index (χ2n) is 6.51. The largest absolute Gasteiger partial charge is 0.493 e. The van der Waals surface area contributed by atoms with E-state index in [1.54, 1.807) is 31.4 Å². The molecule has 0 aromatic heterocycles. The van der Waals surface area contributed by atoms with E-state index >= 15 is 0 Å². The molecule has 0 aliphatic rings. The lowest BCUT2D eigenvalue weighted by Gasteiger charge is -2.17. The lowest BCUT2D eigenvalue weighted by Crippen LogP contribution is -2.18. The van der Waals surface area contributed by atoms with Crippen molar-refractivity contribution >= 4 is 29.4 Å². The molecule has 0 unspecified atom stereocenters. The summed E-state index contributed by atoms with van der Waals surface area (Å²) in [4.78, 5) is 14.2. The van der Waals surface area contributed by atoms with Crippen molar-refractivity contribution in [2.45, 2.75) is 26.4 Å². The van der Waals surface area contributed by atoms with Gasteiger partial charge in [-0.3, -0.25) is 4.79 Å². The minimum Gasteiger partial charge on any atom is -0.493 e. The number of nitrogens with one attached hydrogen (secondary N) is 1. The van der Waals surface area contributed by atoms with Gasteiger partial charge in [0.15, 0.2) is 11.5 Å². The summed E-state index contributed by atoms with van der Waals surface area (Å²) in [6.07, 6.45) is 2.38. The van der Waals surface area contributed by atoms with Gasteiger partial charge in [0.05, 0.1) is 24.5 Å². The summed E-state index contributed by atoms with van der Waals surface area (Å²) in [6, 6.07) is 10.8. The zero-order valence-corrected chi connectivity index (χ0v) is 17.6. The van der Waals surface area contributed by atoms with E-state index in [0.29, 0.717) is 27.6 Å². The van der Waals surface area contributed by atoms with Crippen LogP contribution in [0.25, 0.3) is 0 Å². The number of amides is 1. The summed E-state index contributed by atoms with van der Waals surface area (Å²) in [5.41, 5.74) is 4.66. The molecule has 6 nitrogen and oxygen atoms in total. The molecule has 0 fully saturated rings. The molecule has 0 spiro atoms. The number of ether oxygens (including phenoxy) is 2. The zero-order valence-electron chi connectivity index (χ0n) is 16.8. The van der Waals surface area contributed by atoms with Crippen molar-refractivity contribution < 1.29 is 14.3 Å². The van der Waals surface area contributed by atoms with Crippen LogP contribution in [0.1, 0.15) is 36.2 Å². The standard InChI is InChI=1S/C21H26ClN3O3/c1-6-14(2)28-20-18(22)10-15(11-19(20)27-5)13-23-24-21(26)16-8-7-9-17(12-16)25(3)4/h7-14H,6H2,1-5H3,(H,24,26)/b23-13-/t14-/m0/s1. The number of hydrogen-bond acceptors (Lipinski definition) is 5. The Morgan fingerprint density at radius 2 is 2.07 bits per heavy atom. The fourth-order valence-corrected chi connectivity index (χ4v) is 2.63. The van der Waals surface area contributed by atoms with Crippen molar-refractivity contribution in [2.24, 2.45) is 5.10 Å². The third-order valence-electron chi connectivity index (χ3n) is 4.15. The van der Waals surface area contributed by atoms with E-state index in [1.807, 2.05) is 45.0 Å².